The van der Waals surface area contributed by atoms with Crippen molar-refractivity contribution in [3.8, 4) is 0 Å². The minimum atomic E-state index is -0.400. The summed E-state index contributed by atoms with van der Waals surface area (Å²) in [7, 11) is 1.28. The van der Waals surface area contributed by atoms with Crippen molar-refractivity contribution in [3.05, 3.63) is 34.3 Å². The van der Waals surface area contributed by atoms with Gasteiger partial charge in [-0.2, -0.15) is 0 Å². The lowest BCUT2D eigenvalue weighted by Crippen LogP contribution is -2.37. The summed E-state index contributed by atoms with van der Waals surface area (Å²) in [5.74, 6) is -1.11. The SMILES string of the molecule is COC(=O)CCNC(=O)CNC(=O)c1ccccc1Br. The van der Waals surface area contributed by atoms with Crippen molar-refractivity contribution in [2.75, 3.05) is 20.2 Å². The number of nitrogens with one attached hydrogen (secondary N) is 2. The number of benzene rings is 1. The Bertz CT molecular complexity index is 505. The Labute approximate surface area is 125 Å². The smallest absolute Gasteiger partial charge is 0.307 e. The van der Waals surface area contributed by atoms with Crippen LogP contribution in [0.3, 0.4) is 0 Å². The molecule has 0 fully saturated rings. The molecular weight excluding hydrogens is 328 g/mol. The molecule has 0 atom stereocenters. The summed E-state index contributed by atoms with van der Waals surface area (Å²) in [6, 6.07) is 6.91. The maximum absolute atomic E-state index is 11.8. The highest BCUT2D eigenvalue weighted by molar-refractivity contribution is 9.10. The van der Waals surface area contributed by atoms with Gasteiger partial charge in [0.25, 0.3) is 5.91 Å². The molecule has 0 unspecified atom stereocenters. The number of hydrogen-bond acceptors (Lipinski definition) is 4. The molecule has 0 aliphatic heterocycles. The van der Waals surface area contributed by atoms with Gasteiger partial charge >= 0.3 is 5.97 Å². The van der Waals surface area contributed by atoms with E-state index in [-0.39, 0.29) is 31.3 Å². The lowest BCUT2D eigenvalue weighted by molar-refractivity contribution is -0.140. The second-order valence-electron chi connectivity index (χ2n) is 3.84. The van der Waals surface area contributed by atoms with Crippen molar-refractivity contribution >= 4 is 33.7 Å². The summed E-state index contributed by atoms with van der Waals surface area (Å²) in [5, 5.41) is 5.00. The lowest BCUT2D eigenvalue weighted by atomic mass is 10.2. The van der Waals surface area contributed by atoms with E-state index in [1.165, 1.54) is 7.11 Å². The normalized spacial score (nSPS) is 9.70. The van der Waals surface area contributed by atoms with Gasteiger partial charge in [-0.15, -0.1) is 0 Å². The molecule has 0 saturated carbocycles. The van der Waals surface area contributed by atoms with E-state index in [4.69, 9.17) is 0 Å². The van der Waals surface area contributed by atoms with Crippen LogP contribution < -0.4 is 10.6 Å². The predicted molar refractivity (Wildman–Crippen MR) is 76.1 cm³/mol. The Balaban J connectivity index is 2.33. The molecular formula is C13H15BrN2O4. The maximum Gasteiger partial charge on any atom is 0.307 e. The van der Waals surface area contributed by atoms with E-state index in [0.29, 0.717) is 10.0 Å². The zero-order valence-electron chi connectivity index (χ0n) is 10.9. The summed E-state index contributed by atoms with van der Waals surface area (Å²) in [6.07, 6.45) is 0.0976. The molecule has 0 saturated heterocycles. The van der Waals surface area contributed by atoms with Crippen molar-refractivity contribution in [2.45, 2.75) is 6.42 Å². The number of methoxy groups -OCH3 is 1. The number of carbonyl (C=O) groups is 3. The van der Waals surface area contributed by atoms with Crippen molar-refractivity contribution in [1.82, 2.24) is 10.6 Å². The van der Waals surface area contributed by atoms with E-state index < -0.39 is 5.97 Å². The van der Waals surface area contributed by atoms with Crippen LogP contribution in [0.4, 0.5) is 0 Å². The Kier molecular flexibility index (Phi) is 6.72. The first-order chi connectivity index (χ1) is 9.54. The molecule has 0 aliphatic rings. The zero-order chi connectivity index (χ0) is 15.0. The summed E-state index contributed by atoms with van der Waals surface area (Å²) in [5.41, 5.74) is 0.454. The Morgan fingerprint density at radius 3 is 2.55 bits per heavy atom. The first-order valence-corrected chi connectivity index (χ1v) is 6.70. The highest BCUT2D eigenvalue weighted by Crippen LogP contribution is 2.15. The molecule has 1 rings (SSSR count). The summed E-state index contributed by atoms with van der Waals surface area (Å²) in [6.45, 7) is 0.0255. The molecule has 0 aliphatic carbocycles. The van der Waals surface area contributed by atoms with Crippen molar-refractivity contribution in [1.29, 1.82) is 0 Å². The fourth-order valence-electron chi connectivity index (χ4n) is 1.37. The standard InChI is InChI=1S/C13H15BrN2O4/c1-20-12(18)6-7-15-11(17)8-16-13(19)9-4-2-3-5-10(9)14/h2-5H,6-8H2,1H3,(H,15,17)(H,16,19). The summed E-state index contributed by atoms with van der Waals surface area (Å²) in [4.78, 5) is 34.1. The minimum absolute atomic E-state index is 0.0976. The van der Waals surface area contributed by atoms with Crippen LogP contribution in [0.1, 0.15) is 16.8 Å². The number of rotatable bonds is 6. The molecule has 0 spiro atoms. The lowest BCUT2D eigenvalue weighted by Gasteiger charge is -2.07. The Morgan fingerprint density at radius 2 is 1.90 bits per heavy atom. The van der Waals surface area contributed by atoms with Crippen molar-refractivity contribution in [3.63, 3.8) is 0 Å². The number of amides is 2. The number of halogens is 1. The molecule has 0 aromatic heterocycles. The second kappa shape index (κ2) is 8.31. The average molecular weight is 343 g/mol. The highest BCUT2D eigenvalue weighted by atomic mass is 79.9. The quantitative estimate of drug-likeness (QED) is 0.751. The third-order valence-electron chi connectivity index (χ3n) is 2.41. The van der Waals surface area contributed by atoms with Gasteiger partial charge in [0.15, 0.2) is 0 Å². The van der Waals surface area contributed by atoms with E-state index in [2.05, 4.69) is 31.3 Å². The fourth-order valence-corrected chi connectivity index (χ4v) is 1.83. The number of ether oxygens (including phenoxy) is 1. The van der Waals surface area contributed by atoms with Gasteiger partial charge in [0.1, 0.15) is 0 Å². The van der Waals surface area contributed by atoms with Crippen LogP contribution >= 0.6 is 15.9 Å². The first-order valence-electron chi connectivity index (χ1n) is 5.91. The fraction of sp³-hybridized carbons (Fsp3) is 0.308. The van der Waals surface area contributed by atoms with Crippen LogP contribution in [0.5, 0.6) is 0 Å². The molecule has 2 amide bonds. The third-order valence-corrected chi connectivity index (χ3v) is 3.10. The Hall–Kier alpha value is -1.89. The second-order valence-corrected chi connectivity index (χ2v) is 4.69. The van der Waals surface area contributed by atoms with E-state index in [1.807, 2.05) is 0 Å². The Morgan fingerprint density at radius 1 is 1.20 bits per heavy atom. The molecule has 0 heterocycles. The van der Waals surface area contributed by atoms with Gasteiger partial charge in [-0.1, -0.05) is 12.1 Å². The van der Waals surface area contributed by atoms with E-state index in [1.54, 1.807) is 24.3 Å². The van der Waals surface area contributed by atoms with Crippen LogP contribution in [-0.4, -0.2) is 38.0 Å². The van der Waals surface area contributed by atoms with Gasteiger partial charge in [-0.05, 0) is 28.1 Å². The van der Waals surface area contributed by atoms with E-state index in [0.717, 1.165) is 0 Å². The third kappa shape index (κ3) is 5.40. The number of esters is 1. The molecule has 7 heteroatoms. The topological polar surface area (TPSA) is 84.5 Å². The van der Waals surface area contributed by atoms with Crippen LogP contribution in [0.25, 0.3) is 0 Å². The molecule has 108 valence electrons. The van der Waals surface area contributed by atoms with Crippen LogP contribution in [0.2, 0.25) is 0 Å². The van der Waals surface area contributed by atoms with Crippen LogP contribution in [-0.2, 0) is 14.3 Å². The van der Waals surface area contributed by atoms with Gasteiger partial charge in [0.05, 0.1) is 25.6 Å². The molecule has 1 aromatic carbocycles. The summed E-state index contributed by atoms with van der Waals surface area (Å²) < 4.78 is 5.09. The summed E-state index contributed by atoms with van der Waals surface area (Å²) >= 11 is 3.26. The molecule has 0 bridgehead atoms. The number of hydrogen-bond donors (Lipinski definition) is 2. The van der Waals surface area contributed by atoms with Gasteiger partial charge in [-0.25, -0.2) is 0 Å². The molecule has 2 N–H and O–H groups in total. The zero-order valence-corrected chi connectivity index (χ0v) is 12.5. The highest BCUT2D eigenvalue weighted by Gasteiger charge is 2.10. The largest absolute Gasteiger partial charge is 0.469 e. The van der Waals surface area contributed by atoms with Gasteiger partial charge in [-0.3, -0.25) is 14.4 Å². The molecule has 20 heavy (non-hydrogen) atoms. The molecule has 6 nitrogen and oxygen atoms in total. The van der Waals surface area contributed by atoms with Crippen LogP contribution in [0.15, 0.2) is 28.7 Å². The minimum Gasteiger partial charge on any atom is -0.469 e. The van der Waals surface area contributed by atoms with Gasteiger partial charge < -0.3 is 15.4 Å². The van der Waals surface area contributed by atoms with Gasteiger partial charge in [0.2, 0.25) is 5.91 Å². The van der Waals surface area contributed by atoms with E-state index in [9.17, 15) is 14.4 Å². The van der Waals surface area contributed by atoms with Gasteiger partial charge in [0, 0.05) is 11.0 Å². The monoisotopic (exact) mass is 342 g/mol. The van der Waals surface area contributed by atoms with Crippen molar-refractivity contribution < 1.29 is 19.1 Å². The molecule has 0 radical (unpaired) electrons. The first kappa shape index (κ1) is 16.2. The van der Waals surface area contributed by atoms with Crippen LogP contribution in [0, 0.1) is 0 Å². The number of carbonyl (C=O) groups excluding carboxylic acids is 3. The average Bonchev–Trinajstić information content (AvgIpc) is 2.45. The van der Waals surface area contributed by atoms with Crippen molar-refractivity contribution in [2.24, 2.45) is 0 Å². The maximum atomic E-state index is 11.8. The molecule has 1 aromatic rings. The van der Waals surface area contributed by atoms with E-state index >= 15 is 0 Å². The predicted octanol–water partition coefficient (Wildman–Crippen LogP) is 0.858.